The quantitative estimate of drug-likeness (QED) is 0.759. The van der Waals surface area contributed by atoms with Crippen LogP contribution in [0.4, 0.5) is 0 Å². The van der Waals surface area contributed by atoms with Gasteiger partial charge in [-0.3, -0.25) is 14.7 Å². The fourth-order valence-corrected chi connectivity index (χ4v) is 2.36. The van der Waals surface area contributed by atoms with Crippen LogP contribution in [0.2, 0.25) is 0 Å². The topological polar surface area (TPSA) is 45.2 Å². The van der Waals surface area contributed by atoms with Crippen molar-refractivity contribution in [2.45, 2.75) is 26.9 Å². The standard InChI is InChI=1S/C20H25N3O/c1-3-23(4-2)16-19-9-7-18(8-10-19)15-22-20(24)12-11-17-6-5-13-21-14-17/h5-14H,3-4,15-16H2,1-2H3,(H,22,24)/b12-11+. The minimum Gasteiger partial charge on any atom is -0.348 e. The van der Waals surface area contributed by atoms with Gasteiger partial charge in [0, 0.05) is 31.6 Å². The highest BCUT2D eigenvalue weighted by Gasteiger charge is 2.02. The second-order valence-electron chi connectivity index (χ2n) is 5.62. The molecule has 1 N–H and O–H groups in total. The van der Waals surface area contributed by atoms with E-state index < -0.39 is 0 Å². The first kappa shape index (κ1) is 17.9. The van der Waals surface area contributed by atoms with Crippen LogP contribution in [0.25, 0.3) is 6.08 Å². The monoisotopic (exact) mass is 323 g/mol. The third-order valence-corrected chi connectivity index (χ3v) is 3.90. The molecule has 4 nitrogen and oxygen atoms in total. The Morgan fingerprint density at radius 3 is 2.46 bits per heavy atom. The van der Waals surface area contributed by atoms with Gasteiger partial charge in [0.25, 0.3) is 0 Å². The van der Waals surface area contributed by atoms with Crippen LogP contribution in [-0.4, -0.2) is 28.9 Å². The highest BCUT2D eigenvalue weighted by atomic mass is 16.1. The Balaban J connectivity index is 1.81. The van der Waals surface area contributed by atoms with Gasteiger partial charge in [-0.15, -0.1) is 0 Å². The van der Waals surface area contributed by atoms with E-state index in [9.17, 15) is 4.79 Å². The van der Waals surface area contributed by atoms with E-state index in [4.69, 9.17) is 0 Å². The maximum atomic E-state index is 11.9. The predicted octanol–water partition coefficient (Wildman–Crippen LogP) is 3.25. The molecule has 4 heteroatoms. The fourth-order valence-electron chi connectivity index (χ4n) is 2.36. The molecule has 0 aliphatic carbocycles. The summed E-state index contributed by atoms with van der Waals surface area (Å²) in [6, 6.07) is 12.2. The lowest BCUT2D eigenvalue weighted by molar-refractivity contribution is -0.116. The zero-order chi connectivity index (χ0) is 17.2. The van der Waals surface area contributed by atoms with Crippen LogP contribution in [0.15, 0.2) is 54.9 Å². The van der Waals surface area contributed by atoms with Gasteiger partial charge in [-0.1, -0.05) is 44.2 Å². The summed E-state index contributed by atoms with van der Waals surface area (Å²) >= 11 is 0. The second-order valence-corrected chi connectivity index (χ2v) is 5.62. The molecule has 1 heterocycles. The van der Waals surface area contributed by atoms with Crippen LogP contribution < -0.4 is 5.32 Å². The van der Waals surface area contributed by atoms with Gasteiger partial charge in [-0.25, -0.2) is 0 Å². The summed E-state index contributed by atoms with van der Waals surface area (Å²) in [5.74, 6) is -0.105. The Morgan fingerprint density at radius 1 is 1.12 bits per heavy atom. The molecule has 1 aromatic carbocycles. The number of amides is 1. The molecular formula is C20H25N3O. The summed E-state index contributed by atoms with van der Waals surface area (Å²) in [6.45, 7) is 7.95. The van der Waals surface area contributed by atoms with Gasteiger partial charge in [0.15, 0.2) is 0 Å². The molecule has 126 valence electrons. The van der Waals surface area contributed by atoms with Crippen LogP contribution >= 0.6 is 0 Å². The van der Waals surface area contributed by atoms with E-state index in [-0.39, 0.29) is 5.91 Å². The van der Waals surface area contributed by atoms with Crippen LogP contribution in [0, 0.1) is 0 Å². The van der Waals surface area contributed by atoms with Crippen molar-refractivity contribution in [1.29, 1.82) is 0 Å². The van der Waals surface area contributed by atoms with Gasteiger partial charge in [0.05, 0.1) is 0 Å². The summed E-state index contributed by atoms with van der Waals surface area (Å²) in [5.41, 5.74) is 3.31. The lowest BCUT2D eigenvalue weighted by Gasteiger charge is -2.18. The largest absolute Gasteiger partial charge is 0.348 e. The lowest BCUT2D eigenvalue weighted by Crippen LogP contribution is -2.22. The van der Waals surface area contributed by atoms with Crippen LogP contribution in [0.3, 0.4) is 0 Å². The number of nitrogens with one attached hydrogen (secondary N) is 1. The molecule has 0 aliphatic heterocycles. The van der Waals surface area contributed by atoms with Crippen molar-refractivity contribution < 1.29 is 4.79 Å². The molecule has 0 radical (unpaired) electrons. The first-order valence-corrected chi connectivity index (χ1v) is 8.37. The molecule has 0 unspecified atom stereocenters. The predicted molar refractivity (Wildman–Crippen MR) is 98.2 cm³/mol. The van der Waals surface area contributed by atoms with Crippen LogP contribution in [-0.2, 0) is 17.9 Å². The van der Waals surface area contributed by atoms with E-state index >= 15 is 0 Å². The number of carbonyl (C=O) groups is 1. The number of carbonyl (C=O) groups excluding carboxylic acids is 1. The van der Waals surface area contributed by atoms with Crippen molar-refractivity contribution in [1.82, 2.24) is 15.2 Å². The van der Waals surface area contributed by atoms with Crippen LogP contribution in [0.1, 0.15) is 30.5 Å². The maximum Gasteiger partial charge on any atom is 0.244 e. The molecule has 0 atom stereocenters. The second kappa shape index (κ2) is 9.63. The van der Waals surface area contributed by atoms with Gasteiger partial charge in [0.1, 0.15) is 0 Å². The molecule has 1 amide bonds. The molecule has 2 aromatic rings. The number of rotatable bonds is 8. The van der Waals surface area contributed by atoms with Crippen molar-refractivity contribution in [3.05, 3.63) is 71.6 Å². The van der Waals surface area contributed by atoms with Crippen molar-refractivity contribution in [2.75, 3.05) is 13.1 Å². The van der Waals surface area contributed by atoms with Gasteiger partial charge < -0.3 is 5.32 Å². The SMILES string of the molecule is CCN(CC)Cc1ccc(CNC(=O)/C=C/c2cccnc2)cc1. The number of benzene rings is 1. The number of aromatic nitrogens is 1. The number of hydrogen-bond donors (Lipinski definition) is 1. The average molecular weight is 323 g/mol. The Hall–Kier alpha value is -2.46. The van der Waals surface area contributed by atoms with Crippen molar-refractivity contribution in [2.24, 2.45) is 0 Å². The van der Waals surface area contributed by atoms with Crippen molar-refractivity contribution >= 4 is 12.0 Å². The van der Waals surface area contributed by atoms with Gasteiger partial charge in [-0.2, -0.15) is 0 Å². The number of nitrogens with zero attached hydrogens (tertiary/aromatic N) is 2. The smallest absolute Gasteiger partial charge is 0.244 e. The molecule has 0 aliphatic rings. The minimum atomic E-state index is -0.105. The zero-order valence-corrected chi connectivity index (χ0v) is 14.4. The minimum absolute atomic E-state index is 0.105. The maximum absolute atomic E-state index is 11.9. The highest BCUT2D eigenvalue weighted by Crippen LogP contribution is 2.07. The third-order valence-electron chi connectivity index (χ3n) is 3.90. The highest BCUT2D eigenvalue weighted by molar-refractivity contribution is 5.91. The Bertz CT molecular complexity index is 646. The molecule has 0 saturated carbocycles. The average Bonchev–Trinajstić information content (AvgIpc) is 2.64. The van der Waals surface area contributed by atoms with E-state index in [2.05, 4.69) is 53.3 Å². The van der Waals surface area contributed by atoms with Gasteiger partial charge >= 0.3 is 0 Å². The van der Waals surface area contributed by atoms with E-state index in [1.54, 1.807) is 18.5 Å². The molecule has 0 saturated heterocycles. The van der Waals surface area contributed by atoms with E-state index in [1.165, 1.54) is 11.6 Å². The fraction of sp³-hybridized carbons (Fsp3) is 0.300. The van der Waals surface area contributed by atoms with E-state index in [0.717, 1.165) is 30.8 Å². The normalized spacial score (nSPS) is 11.1. The summed E-state index contributed by atoms with van der Waals surface area (Å²) in [7, 11) is 0. The Morgan fingerprint density at radius 2 is 1.83 bits per heavy atom. The molecule has 2 rings (SSSR count). The van der Waals surface area contributed by atoms with Gasteiger partial charge in [-0.05, 0) is 41.9 Å². The summed E-state index contributed by atoms with van der Waals surface area (Å²) in [6.07, 6.45) is 6.72. The van der Waals surface area contributed by atoms with Crippen molar-refractivity contribution in [3.63, 3.8) is 0 Å². The summed E-state index contributed by atoms with van der Waals surface area (Å²) in [4.78, 5) is 18.2. The molecule has 0 bridgehead atoms. The molecule has 0 spiro atoms. The third kappa shape index (κ3) is 5.97. The first-order chi connectivity index (χ1) is 11.7. The lowest BCUT2D eigenvalue weighted by atomic mass is 10.1. The molecular weight excluding hydrogens is 298 g/mol. The first-order valence-electron chi connectivity index (χ1n) is 8.37. The van der Waals surface area contributed by atoms with Gasteiger partial charge in [0.2, 0.25) is 5.91 Å². The Kier molecular flexibility index (Phi) is 7.18. The van der Waals surface area contributed by atoms with Crippen LogP contribution in [0.5, 0.6) is 0 Å². The number of pyridine rings is 1. The Labute approximate surface area is 144 Å². The molecule has 0 fully saturated rings. The van der Waals surface area contributed by atoms with E-state index in [1.807, 2.05) is 12.1 Å². The number of hydrogen-bond acceptors (Lipinski definition) is 3. The summed E-state index contributed by atoms with van der Waals surface area (Å²) in [5, 5.41) is 2.90. The zero-order valence-electron chi connectivity index (χ0n) is 14.4. The molecule has 24 heavy (non-hydrogen) atoms. The van der Waals surface area contributed by atoms with Crippen molar-refractivity contribution in [3.8, 4) is 0 Å². The summed E-state index contributed by atoms with van der Waals surface area (Å²) < 4.78 is 0. The molecule has 1 aromatic heterocycles. The van der Waals surface area contributed by atoms with E-state index in [0.29, 0.717) is 6.54 Å².